The van der Waals surface area contributed by atoms with Crippen molar-refractivity contribution in [3.8, 4) is 0 Å². The number of nitrogens with zero attached hydrogens (tertiary/aromatic N) is 1. The summed E-state index contributed by atoms with van der Waals surface area (Å²) >= 11 is 0. The van der Waals surface area contributed by atoms with Crippen LogP contribution in [0.5, 0.6) is 0 Å². The molecule has 0 aromatic heterocycles. The fraction of sp³-hybridized carbons (Fsp3) is 0.800. The van der Waals surface area contributed by atoms with E-state index in [2.05, 4.69) is 56.7 Å². The first-order valence-electron chi connectivity index (χ1n) is 14.2. The van der Waals surface area contributed by atoms with Gasteiger partial charge in [0.2, 0.25) is 0 Å². The predicted molar refractivity (Wildman–Crippen MR) is 144 cm³/mol. The number of hydrogen-bond acceptors (Lipinski definition) is 1. The molecule has 0 atom stereocenters. The van der Waals surface area contributed by atoms with Crippen molar-refractivity contribution in [3.63, 3.8) is 0 Å². The van der Waals surface area contributed by atoms with E-state index in [1.165, 1.54) is 128 Å². The molecule has 0 radical (unpaired) electrons. The second-order valence-electron chi connectivity index (χ2n) is 10.7. The summed E-state index contributed by atoms with van der Waals surface area (Å²) in [6.07, 6.45) is 24.4. The van der Waals surface area contributed by atoms with Crippen LogP contribution in [-0.2, 0) is 6.54 Å². The zero-order chi connectivity index (χ0) is 23.2. The van der Waals surface area contributed by atoms with E-state index in [1.807, 2.05) is 0 Å². The van der Waals surface area contributed by atoms with E-state index in [1.54, 1.807) is 0 Å². The van der Waals surface area contributed by atoms with Crippen molar-refractivity contribution in [3.05, 3.63) is 35.9 Å². The molecular weight excluding hydrogens is 388 g/mol. The van der Waals surface area contributed by atoms with Gasteiger partial charge in [-0.1, -0.05) is 134 Å². The average molecular weight is 446 g/mol. The Morgan fingerprint density at radius 3 is 1.50 bits per heavy atom. The lowest BCUT2D eigenvalue weighted by atomic mass is 10.0. The zero-order valence-corrected chi connectivity index (χ0v) is 22.2. The number of nitrogens with one attached hydrogen (secondary N) is 1. The van der Waals surface area contributed by atoms with E-state index in [9.17, 15) is 0 Å². The van der Waals surface area contributed by atoms with E-state index in [0.717, 1.165) is 17.6 Å². The molecule has 1 aromatic carbocycles. The molecule has 1 N–H and O–H groups in total. The molecule has 32 heavy (non-hydrogen) atoms. The summed E-state index contributed by atoms with van der Waals surface area (Å²) in [4.78, 5) is 0. The molecule has 0 spiro atoms. The maximum atomic E-state index is 3.66. The molecule has 0 aliphatic heterocycles. The Hall–Kier alpha value is -0.860. The highest BCUT2D eigenvalue weighted by molar-refractivity contribution is 5.13. The van der Waals surface area contributed by atoms with Crippen LogP contribution >= 0.6 is 0 Å². The quantitative estimate of drug-likeness (QED) is 0.131. The van der Waals surface area contributed by atoms with Crippen molar-refractivity contribution in [2.75, 3.05) is 33.7 Å². The standard InChI is InChI=1S/C30H57N2/c1-4-5-6-7-8-9-10-11-12-13-14-15-16-17-18-22-26-31-27-23-28-32(2,3)29-30-24-20-19-21-25-30/h19-21,24-25,31H,4-18,22-23,26-29H2,1-3H3/q+1. The molecule has 0 amide bonds. The van der Waals surface area contributed by atoms with Crippen molar-refractivity contribution < 1.29 is 4.48 Å². The molecule has 0 aliphatic carbocycles. The van der Waals surface area contributed by atoms with Crippen LogP contribution in [0, 0.1) is 0 Å². The smallest absolute Gasteiger partial charge is 0.104 e. The highest BCUT2D eigenvalue weighted by Gasteiger charge is 2.14. The van der Waals surface area contributed by atoms with Gasteiger partial charge >= 0.3 is 0 Å². The van der Waals surface area contributed by atoms with E-state index in [4.69, 9.17) is 0 Å². The molecule has 186 valence electrons. The summed E-state index contributed by atoms with van der Waals surface area (Å²) in [5.41, 5.74) is 1.44. The maximum absolute atomic E-state index is 3.66. The molecule has 0 saturated carbocycles. The number of hydrogen-bond donors (Lipinski definition) is 1. The SMILES string of the molecule is CCCCCCCCCCCCCCCCCCNCCC[N+](C)(C)Cc1ccccc1. The van der Waals surface area contributed by atoms with Crippen molar-refractivity contribution in [1.82, 2.24) is 5.32 Å². The van der Waals surface area contributed by atoms with Gasteiger partial charge in [0, 0.05) is 18.5 Å². The molecule has 1 aromatic rings. The third kappa shape index (κ3) is 18.7. The minimum Gasteiger partial charge on any atom is -0.325 e. The van der Waals surface area contributed by atoms with Crippen LogP contribution < -0.4 is 5.32 Å². The lowest BCUT2D eigenvalue weighted by Crippen LogP contribution is -2.40. The topological polar surface area (TPSA) is 12.0 Å². The molecule has 0 saturated heterocycles. The molecule has 0 unspecified atom stereocenters. The third-order valence-electron chi connectivity index (χ3n) is 6.78. The summed E-state index contributed by atoms with van der Waals surface area (Å²) < 4.78 is 1.07. The minimum absolute atomic E-state index is 1.07. The first-order chi connectivity index (χ1) is 15.6. The molecule has 0 fully saturated rings. The van der Waals surface area contributed by atoms with E-state index >= 15 is 0 Å². The molecule has 0 heterocycles. The molecule has 0 bridgehead atoms. The van der Waals surface area contributed by atoms with Crippen LogP contribution in [0.25, 0.3) is 0 Å². The van der Waals surface area contributed by atoms with E-state index in [-0.39, 0.29) is 0 Å². The van der Waals surface area contributed by atoms with Gasteiger partial charge in [-0.2, -0.15) is 0 Å². The van der Waals surface area contributed by atoms with Gasteiger partial charge in [-0.25, -0.2) is 0 Å². The number of rotatable bonds is 23. The lowest BCUT2D eigenvalue weighted by Gasteiger charge is -2.30. The van der Waals surface area contributed by atoms with Gasteiger partial charge in [0.1, 0.15) is 6.54 Å². The third-order valence-corrected chi connectivity index (χ3v) is 6.78. The molecule has 2 heteroatoms. The van der Waals surface area contributed by atoms with Crippen LogP contribution in [0.4, 0.5) is 0 Å². The van der Waals surface area contributed by atoms with Crippen molar-refractivity contribution in [2.24, 2.45) is 0 Å². The fourth-order valence-electron chi connectivity index (χ4n) is 4.71. The second-order valence-corrected chi connectivity index (χ2v) is 10.7. The predicted octanol–water partition coefficient (Wildman–Crippen LogP) is 8.50. The Bertz CT molecular complexity index is 497. The van der Waals surface area contributed by atoms with Gasteiger partial charge in [-0.05, 0) is 13.0 Å². The largest absolute Gasteiger partial charge is 0.325 e. The van der Waals surface area contributed by atoms with Crippen molar-refractivity contribution in [1.29, 1.82) is 0 Å². The molecule has 0 aliphatic rings. The van der Waals surface area contributed by atoms with Crippen LogP contribution in [-0.4, -0.2) is 38.2 Å². The van der Waals surface area contributed by atoms with Crippen LogP contribution in [0.1, 0.15) is 122 Å². The zero-order valence-electron chi connectivity index (χ0n) is 22.2. The Kier molecular flexibility index (Phi) is 18.9. The van der Waals surface area contributed by atoms with Gasteiger partial charge < -0.3 is 9.80 Å². The Labute approximate surface area is 202 Å². The number of benzene rings is 1. The monoisotopic (exact) mass is 445 g/mol. The highest BCUT2D eigenvalue weighted by Crippen LogP contribution is 2.14. The van der Waals surface area contributed by atoms with Gasteiger partial charge in [0.15, 0.2) is 0 Å². The first-order valence-corrected chi connectivity index (χ1v) is 14.2. The summed E-state index contributed by atoms with van der Waals surface area (Å²) in [5.74, 6) is 0. The Morgan fingerprint density at radius 2 is 1.00 bits per heavy atom. The van der Waals surface area contributed by atoms with E-state index < -0.39 is 0 Å². The second kappa shape index (κ2) is 20.7. The lowest BCUT2D eigenvalue weighted by molar-refractivity contribution is -0.903. The number of unbranched alkanes of at least 4 members (excludes halogenated alkanes) is 15. The Balaban J connectivity index is 1.76. The Morgan fingerprint density at radius 1 is 0.562 bits per heavy atom. The van der Waals surface area contributed by atoms with Gasteiger partial charge in [0.25, 0.3) is 0 Å². The average Bonchev–Trinajstić information content (AvgIpc) is 2.78. The van der Waals surface area contributed by atoms with Crippen LogP contribution in [0.2, 0.25) is 0 Å². The van der Waals surface area contributed by atoms with Crippen LogP contribution in [0.15, 0.2) is 30.3 Å². The van der Waals surface area contributed by atoms with Gasteiger partial charge in [-0.15, -0.1) is 0 Å². The fourth-order valence-corrected chi connectivity index (χ4v) is 4.71. The molecule has 1 rings (SSSR count). The van der Waals surface area contributed by atoms with E-state index in [0.29, 0.717) is 0 Å². The summed E-state index contributed by atoms with van der Waals surface area (Å²) in [7, 11) is 4.70. The maximum Gasteiger partial charge on any atom is 0.104 e. The van der Waals surface area contributed by atoms with Crippen molar-refractivity contribution in [2.45, 2.75) is 123 Å². The summed E-state index contributed by atoms with van der Waals surface area (Å²) in [6.45, 7) is 7.02. The molecule has 2 nitrogen and oxygen atoms in total. The van der Waals surface area contributed by atoms with Crippen LogP contribution in [0.3, 0.4) is 0 Å². The van der Waals surface area contributed by atoms with Crippen molar-refractivity contribution >= 4 is 0 Å². The molecular formula is C30H57N2+. The van der Waals surface area contributed by atoms with Gasteiger partial charge in [0.05, 0.1) is 20.6 Å². The summed E-state index contributed by atoms with van der Waals surface area (Å²) in [6, 6.07) is 10.9. The first kappa shape index (κ1) is 29.2. The highest BCUT2D eigenvalue weighted by atomic mass is 15.3. The summed E-state index contributed by atoms with van der Waals surface area (Å²) in [5, 5.41) is 3.66. The minimum atomic E-state index is 1.07. The van der Waals surface area contributed by atoms with Gasteiger partial charge in [-0.3, -0.25) is 0 Å². The number of quaternary nitrogens is 1. The normalized spacial score (nSPS) is 11.8.